The highest BCUT2D eigenvalue weighted by Crippen LogP contribution is 2.15. The highest BCUT2D eigenvalue weighted by molar-refractivity contribution is 5.77. The Balaban J connectivity index is 2.52. The van der Waals surface area contributed by atoms with Crippen LogP contribution in [0, 0.1) is 6.92 Å². The average molecular weight is 216 g/mol. The van der Waals surface area contributed by atoms with E-state index in [1.807, 2.05) is 25.1 Å². The first-order valence-corrected chi connectivity index (χ1v) is 5.74. The van der Waals surface area contributed by atoms with Crippen LogP contribution in [0.1, 0.15) is 31.1 Å². The summed E-state index contributed by atoms with van der Waals surface area (Å²) in [6.45, 7) is 4.13. The van der Waals surface area contributed by atoms with E-state index in [1.54, 1.807) is 6.07 Å². The zero-order valence-corrected chi connectivity index (χ0v) is 9.75. The first-order chi connectivity index (χ1) is 7.70. The van der Waals surface area contributed by atoms with Crippen molar-refractivity contribution in [1.82, 2.24) is 0 Å². The first kappa shape index (κ1) is 10.9. The van der Waals surface area contributed by atoms with Gasteiger partial charge < -0.3 is 4.42 Å². The van der Waals surface area contributed by atoms with Crippen LogP contribution in [0.5, 0.6) is 0 Å². The minimum absolute atomic E-state index is 0.0624. The van der Waals surface area contributed by atoms with E-state index >= 15 is 0 Å². The van der Waals surface area contributed by atoms with Crippen LogP contribution >= 0.6 is 0 Å². The molecule has 1 aromatic heterocycles. The molecule has 0 saturated heterocycles. The highest BCUT2D eigenvalue weighted by Gasteiger charge is 2.04. The van der Waals surface area contributed by atoms with Gasteiger partial charge in [-0.1, -0.05) is 19.4 Å². The Morgan fingerprint density at radius 2 is 2.06 bits per heavy atom. The second kappa shape index (κ2) is 4.52. The predicted molar refractivity (Wildman–Crippen MR) is 65.8 cm³/mol. The predicted octanol–water partition coefficient (Wildman–Crippen LogP) is 3.44. The van der Waals surface area contributed by atoms with Gasteiger partial charge in [0.25, 0.3) is 0 Å². The number of benzene rings is 1. The van der Waals surface area contributed by atoms with Gasteiger partial charge in [-0.15, -0.1) is 0 Å². The zero-order valence-electron chi connectivity index (χ0n) is 9.75. The summed E-state index contributed by atoms with van der Waals surface area (Å²) in [6.07, 6.45) is 3.01. The molecule has 16 heavy (non-hydrogen) atoms. The second-order valence-corrected chi connectivity index (χ2v) is 4.18. The van der Waals surface area contributed by atoms with E-state index in [1.165, 1.54) is 0 Å². The summed E-state index contributed by atoms with van der Waals surface area (Å²) in [5.74, 6) is 0.796. The molecule has 0 aliphatic heterocycles. The maximum atomic E-state index is 11.8. The summed E-state index contributed by atoms with van der Waals surface area (Å²) in [6, 6.07) is 7.31. The smallest absolute Gasteiger partial charge is 0.192 e. The molecule has 0 bridgehead atoms. The lowest BCUT2D eigenvalue weighted by atomic mass is 10.1. The Morgan fingerprint density at radius 1 is 1.25 bits per heavy atom. The van der Waals surface area contributed by atoms with Crippen LogP contribution in [0.4, 0.5) is 0 Å². The number of aryl methyl sites for hydroxylation is 2. The van der Waals surface area contributed by atoms with Gasteiger partial charge in [0.15, 0.2) is 5.43 Å². The lowest BCUT2D eigenvalue weighted by Gasteiger charge is -2.02. The maximum absolute atomic E-state index is 11.8. The molecule has 0 saturated carbocycles. The van der Waals surface area contributed by atoms with Crippen molar-refractivity contribution in [3.05, 3.63) is 45.8 Å². The van der Waals surface area contributed by atoms with Crippen molar-refractivity contribution in [3.8, 4) is 0 Å². The van der Waals surface area contributed by atoms with E-state index in [-0.39, 0.29) is 5.43 Å². The van der Waals surface area contributed by atoms with Gasteiger partial charge in [-0.05, 0) is 31.0 Å². The zero-order chi connectivity index (χ0) is 11.5. The van der Waals surface area contributed by atoms with Crippen molar-refractivity contribution in [2.75, 3.05) is 0 Å². The van der Waals surface area contributed by atoms with Gasteiger partial charge in [-0.3, -0.25) is 4.79 Å². The van der Waals surface area contributed by atoms with Gasteiger partial charge in [0.05, 0.1) is 5.39 Å². The van der Waals surface area contributed by atoms with Gasteiger partial charge in [0.2, 0.25) is 0 Å². The van der Waals surface area contributed by atoms with Crippen LogP contribution in [0.15, 0.2) is 33.5 Å². The van der Waals surface area contributed by atoms with Gasteiger partial charge in [-0.2, -0.15) is 0 Å². The van der Waals surface area contributed by atoms with E-state index in [0.29, 0.717) is 11.0 Å². The summed E-state index contributed by atoms with van der Waals surface area (Å²) in [5, 5.41) is 0.672. The number of rotatable bonds is 3. The molecule has 84 valence electrons. The van der Waals surface area contributed by atoms with E-state index in [9.17, 15) is 4.79 Å². The van der Waals surface area contributed by atoms with Crippen LogP contribution < -0.4 is 5.43 Å². The standard InChI is InChI=1S/C14H16O2/c1-3-4-5-11-9-13(15)12-7-6-10(2)8-14(12)16-11/h6-9H,3-5H2,1-2H3. The normalized spacial score (nSPS) is 10.9. The minimum atomic E-state index is 0.0624. The van der Waals surface area contributed by atoms with E-state index in [4.69, 9.17) is 4.42 Å². The third kappa shape index (κ3) is 2.16. The molecule has 0 atom stereocenters. The molecule has 0 amide bonds. The molecule has 2 rings (SSSR count). The molecule has 1 aromatic carbocycles. The molecule has 0 unspecified atom stereocenters. The summed E-state index contributed by atoms with van der Waals surface area (Å²) in [5.41, 5.74) is 1.88. The van der Waals surface area contributed by atoms with Crippen LogP contribution in [0.25, 0.3) is 11.0 Å². The Hall–Kier alpha value is -1.57. The van der Waals surface area contributed by atoms with Crippen LogP contribution in [0.3, 0.4) is 0 Å². The molecule has 0 fully saturated rings. The number of unbranched alkanes of at least 4 members (excludes halogenated alkanes) is 1. The third-order valence-corrected chi connectivity index (χ3v) is 2.71. The number of fused-ring (bicyclic) bond motifs is 1. The van der Waals surface area contributed by atoms with E-state index in [2.05, 4.69) is 6.92 Å². The second-order valence-electron chi connectivity index (χ2n) is 4.18. The Bertz CT molecular complexity index is 552. The van der Waals surface area contributed by atoms with Gasteiger partial charge >= 0.3 is 0 Å². The van der Waals surface area contributed by atoms with Crippen LogP contribution in [0.2, 0.25) is 0 Å². The lowest BCUT2D eigenvalue weighted by molar-refractivity contribution is 0.524. The number of hydrogen-bond donors (Lipinski definition) is 0. The SMILES string of the molecule is CCCCc1cc(=O)c2ccc(C)cc2o1. The Morgan fingerprint density at radius 3 is 2.81 bits per heavy atom. The van der Waals surface area contributed by atoms with E-state index < -0.39 is 0 Å². The number of hydrogen-bond acceptors (Lipinski definition) is 2. The van der Waals surface area contributed by atoms with Gasteiger partial charge in [0.1, 0.15) is 11.3 Å². The van der Waals surface area contributed by atoms with Crippen LogP contribution in [-0.2, 0) is 6.42 Å². The summed E-state index contributed by atoms with van der Waals surface area (Å²) < 4.78 is 5.73. The summed E-state index contributed by atoms with van der Waals surface area (Å²) in [7, 11) is 0. The topological polar surface area (TPSA) is 30.2 Å². The Labute approximate surface area is 94.9 Å². The minimum Gasteiger partial charge on any atom is -0.461 e. The molecule has 0 N–H and O–H groups in total. The molecule has 1 heterocycles. The fourth-order valence-electron chi connectivity index (χ4n) is 1.79. The van der Waals surface area contributed by atoms with Crippen molar-refractivity contribution in [2.45, 2.75) is 33.1 Å². The highest BCUT2D eigenvalue weighted by atomic mass is 16.3. The first-order valence-electron chi connectivity index (χ1n) is 5.74. The summed E-state index contributed by atoms with van der Waals surface area (Å²) >= 11 is 0. The molecule has 0 radical (unpaired) electrons. The van der Waals surface area contributed by atoms with Crippen LogP contribution in [-0.4, -0.2) is 0 Å². The molecule has 0 aliphatic rings. The quantitative estimate of drug-likeness (QED) is 0.786. The van der Waals surface area contributed by atoms with Crippen molar-refractivity contribution in [3.63, 3.8) is 0 Å². The molecule has 2 heteroatoms. The lowest BCUT2D eigenvalue weighted by Crippen LogP contribution is -2.02. The van der Waals surface area contributed by atoms with Gasteiger partial charge in [0, 0.05) is 12.5 Å². The van der Waals surface area contributed by atoms with Crippen molar-refractivity contribution in [2.24, 2.45) is 0 Å². The monoisotopic (exact) mass is 216 g/mol. The summed E-state index contributed by atoms with van der Waals surface area (Å²) in [4.78, 5) is 11.8. The fourth-order valence-corrected chi connectivity index (χ4v) is 1.79. The largest absolute Gasteiger partial charge is 0.461 e. The molecule has 2 aromatic rings. The Kier molecular flexibility index (Phi) is 3.09. The van der Waals surface area contributed by atoms with E-state index in [0.717, 1.165) is 30.6 Å². The fraction of sp³-hybridized carbons (Fsp3) is 0.357. The molecular weight excluding hydrogens is 200 g/mol. The molecule has 0 aliphatic carbocycles. The molecular formula is C14H16O2. The van der Waals surface area contributed by atoms with Crippen molar-refractivity contribution < 1.29 is 4.42 Å². The van der Waals surface area contributed by atoms with Crippen molar-refractivity contribution in [1.29, 1.82) is 0 Å². The molecule has 2 nitrogen and oxygen atoms in total. The average Bonchev–Trinajstić information content (AvgIpc) is 2.25. The third-order valence-electron chi connectivity index (χ3n) is 2.71. The molecule has 0 spiro atoms. The van der Waals surface area contributed by atoms with Gasteiger partial charge in [-0.25, -0.2) is 0 Å². The maximum Gasteiger partial charge on any atom is 0.192 e. The van der Waals surface area contributed by atoms with Crippen molar-refractivity contribution >= 4 is 11.0 Å².